The van der Waals surface area contributed by atoms with Crippen LogP contribution < -0.4 is 5.32 Å². The van der Waals surface area contributed by atoms with E-state index in [4.69, 9.17) is 10.00 Å². The summed E-state index contributed by atoms with van der Waals surface area (Å²) in [5.74, 6) is 1.72. The fourth-order valence-corrected chi connectivity index (χ4v) is 4.02. The summed E-state index contributed by atoms with van der Waals surface area (Å²) < 4.78 is 6.26. The number of rotatable bonds is 4. The molecule has 2 aliphatic heterocycles. The lowest BCUT2D eigenvalue weighted by atomic mass is 9.88. The van der Waals surface area contributed by atoms with Crippen molar-refractivity contribution in [1.82, 2.24) is 9.88 Å². The van der Waals surface area contributed by atoms with E-state index in [1.165, 1.54) is 32.4 Å². The van der Waals surface area contributed by atoms with Gasteiger partial charge in [-0.2, -0.15) is 5.26 Å². The van der Waals surface area contributed by atoms with Gasteiger partial charge in [-0.15, -0.1) is 0 Å². The Hall–Kier alpha value is -1.64. The van der Waals surface area contributed by atoms with Gasteiger partial charge in [0.15, 0.2) is 0 Å². The zero-order valence-corrected chi connectivity index (χ0v) is 13.5. The topological polar surface area (TPSA) is 61.2 Å². The summed E-state index contributed by atoms with van der Waals surface area (Å²) >= 11 is 0. The third-order valence-corrected chi connectivity index (χ3v) is 5.26. The van der Waals surface area contributed by atoms with Crippen molar-refractivity contribution >= 4 is 5.82 Å². The molecule has 1 aromatic rings. The quantitative estimate of drug-likeness (QED) is 0.925. The summed E-state index contributed by atoms with van der Waals surface area (Å²) in [7, 11) is 0. The van der Waals surface area contributed by atoms with Crippen molar-refractivity contribution < 1.29 is 4.74 Å². The van der Waals surface area contributed by atoms with Gasteiger partial charge in [0.05, 0.1) is 18.2 Å². The number of nitriles is 1. The fourth-order valence-electron chi connectivity index (χ4n) is 4.02. The molecular weight excluding hydrogens is 288 g/mol. The molecule has 0 unspecified atom stereocenters. The van der Waals surface area contributed by atoms with Gasteiger partial charge in [-0.05, 0) is 50.3 Å². The van der Waals surface area contributed by atoms with Gasteiger partial charge >= 0.3 is 0 Å². The Balaban J connectivity index is 1.37. The predicted octanol–water partition coefficient (Wildman–Crippen LogP) is 2.40. The number of ether oxygens (including phenoxy) is 1. The van der Waals surface area contributed by atoms with Gasteiger partial charge < -0.3 is 15.0 Å². The molecular formula is C18H24N4O. The van der Waals surface area contributed by atoms with E-state index in [1.54, 1.807) is 6.07 Å². The Labute approximate surface area is 137 Å². The van der Waals surface area contributed by atoms with E-state index in [0.717, 1.165) is 37.7 Å². The van der Waals surface area contributed by atoms with Crippen LogP contribution in [0.25, 0.3) is 0 Å². The van der Waals surface area contributed by atoms with Crippen LogP contribution in [0.4, 0.5) is 5.82 Å². The maximum Gasteiger partial charge on any atom is 0.142 e. The Morgan fingerprint density at radius 2 is 2.35 bits per heavy atom. The monoisotopic (exact) mass is 312 g/mol. The van der Waals surface area contributed by atoms with Crippen LogP contribution >= 0.6 is 0 Å². The van der Waals surface area contributed by atoms with Crippen molar-refractivity contribution in [3.05, 3.63) is 23.9 Å². The molecule has 2 saturated heterocycles. The summed E-state index contributed by atoms with van der Waals surface area (Å²) in [6.07, 6.45) is 6.26. The van der Waals surface area contributed by atoms with Crippen LogP contribution in [0.2, 0.25) is 0 Å². The molecule has 0 aromatic carbocycles. The largest absolute Gasteiger partial charge is 0.371 e. The number of nitrogens with one attached hydrogen (secondary N) is 1. The number of anilines is 1. The van der Waals surface area contributed by atoms with Gasteiger partial charge in [-0.25, -0.2) is 4.98 Å². The first kappa shape index (κ1) is 14.9. The number of pyridine rings is 1. The second-order valence-electron chi connectivity index (χ2n) is 7.34. The van der Waals surface area contributed by atoms with E-state index in [-0.39, 0.29) is 11.6 Å². The molecule has 3 heterocycles. The van der Waals surface area contributed by atoms with E-state index >= 15 is 0 Å². The van der Waals surface area contributed by atoms with Gasteiger partial charge in [-0.3, -0.25) is 0 Å². The molecule has 1 spiro atoms. The predicted molar refractivity (Wildman–Crippen MR) is 88.1 cm³/mol. The SMILES string of the molecule is N#Cc1cccc(N[C@@H]2CO[C@]3(CCCN(CC4CC4)C3)C2)n1. The Morgan fingerprint density at radius 3 is 3.17 bits per heavy atom. The van der Waals surface area contributed by atoms with Crippen molar-refractivity contribution in [3.8, 4) is 6.07 Å². The molecule has 1 saturated carbocycles. The molecule has 3 fully saturated rings. The smallest absolute Gasteiger partial charge is 0.142 e. The van der Waals surface area contributed by atoms with Crippen LogP contribution in [0.15, 0.2) is 18.2 Å². The number of hydrogen-bond acceptors (Lipinski definition) is 5. The van der Waals surface area contributed by atoms with Crippen LogP contribution in [0.1, 0.15) is 37.8 Å². The Kier molecular flexibility index (Phi) is 3.96. The molecule has 3 aliphatic rings. The van der Waals surface area contributed by atoms with Crippen molar-refractivity contribution in [1.29, 1.82) is 5.26 Å². The summed E-state index contributed by atoms with van der Waals surface area (Å²) in [4.78, 5) is 6.92. The van der Waals surface area contributed by atoms with Gasteiger partial charge in [0, 0.05) is 19.5 Å². The second kappa shape index (κ2) is 6.10. The minimum atomic E-state index is 0.0254. The van der Waals surface area contributed by atoms with Crippen molar-refractivity contribution in [2.24, 2.45) is 5.92 Å². The number of hydrogen-bond donors (Lipinski definition) is 1. The zero-order chi connectivity index (χ0) is 15.7. The Bertz CT molecular complexity index is 609. The number of piperidine rings is 1. The average molecular weight is 312 g/mol. The van der Waals surface area contributed by atoms with Crippen molar-refractivity contribution in [2.45, 2.75) is 43.7 Å². The van der Waals surface area contributed by atoms with Gasteiger partial charge in [-0.1, -0.05) is 6.07 Å². The highest BCUT2D eigenvalue weighted by Gasteiger charge is 2.44. The molecule has 4 rings (SSSR count). The van der Waals surface area contributed by atoms with E-state index in [2.05, 4.69) is 21.3 Å². The van der Waals surface area contributed by atoms with Crippen LogP contribution in [0, 0.1) is 17.2 Å². The molecule has 1 N–H and O–H groups in total. The highest BCUT2D eigenvalue weighted by Crippen LogP contribution is 2.37. The summed E-state index contributed by atoms with van der Waals surface area (Å²) in [5.41, 5.74) is 0.481. The summed E-state index contributed by atoms with van der Waals surface area (Å²) in [5, 5.41) is 12.4. The fraction of sp³-hybridized carbons (Fsp3) is 0.667. The molecule has 1 aliphatic carbocycles. The maximum atomic E-state index is 8.96. The van der Waals surface area contributed by atoms with E-state index in [0.29, 0.717) is 5.69 Å². The molecule has 2 atom stereocenters. The number of likely N-dealkylation sites (tertiary alicyclic amines) is 1. The zero-order valence-electron chi connectivity index (χ0n) is 13.5. The lowest BCUT2D eigenvalue weighted by molar-refractivity contribution is -0.0521. The normalized spacial score (nSPS) is 31.2. The molecule has 0 amide bonds. The molecule has 0 radical (unpaired) electrons. The minimum absolute atomic E-state index is 0.0254. The van der Waals surface area contributed by atoms with Crippen molar-refractivity contribution in [3.63, 3.8) is 0 Å². The Morgan fingerprint density at radius 1 is 1.43 bits per heavy atom. The standard InChI is InChI=1S/C18H24N4O/c19-10-15-3-1-4-17(20-15)21-16-9-18(23-12-16)7-2-8-22(13-18)11-14-5-6-14/h1,3-4,14,16H,2,5-9,11-13H2,(H,20,21)/t16-,18+/m0/s1. The maximum absolute atomic E-state index is 8.96. The summed E-state index contributed by atoms with van der Waals surface area (Å²) in [6, 6.07) is 7.91. The summed E-state index contributed by atoms with van der Waals surface area (Å²) in [6.45, 7) is 4.30. The van der Waals surface area contributed by atoms with Crippen LogP contribution in [0.3, 0.4) is 0 Å². The highest BCUT2D eigenvalue weighted by atomic mass is 16.5. The number of aromatic nitrogens is 1. The molecule has 23 heavy (non-hydrogen) atoms. The second-order valence-corrected chi connectivity index (χ2v) is 7.34. The third-order valence-electron chi connectivity index (χ3n) is 5.26. The van der Waals surface area contributed by atoms with Gasteiger partial charge in [0.25, 0.3) is 0 Å². The average Bonchev–Trinajstić information content (AvgIpc) is 3.30. The lowest BCUT2D eigenvalue weighted by Crippen LogP contribution is -2.48. The first-order chi connectivity index (χ1) is 11.2. The third kappa shape index (κ3) is 3.49. The van der Waals surface area contributed by atoms with Gasteiger partial charge in [0.2, 0.25) is 0 Å². The van der Waals surface area contributed by atoms with Gasteiger partial charge in [0.1, 0.15) is 17.6 Å². The molecule has 1 aromatic heterocycles. The minimum Gasteiger partial charge on any atom is -0.371 e. The lowest BCUT2D eigenvalue weighted by Gasteiger charge is -2.39. The molecule has 0 bridgehead atoms. The highest BCUT2D eigenvalue weighted by molar-refractivity contribution is 5.39. The first-order valence-corrected chi connectivity index (χ1v) is 8.75. The van der Waals surface area contributed by atoms with Crippen LogP contribution in [-0.4, -0.2) is 47.8 Å². The van der Waals surface area contributed by atoms with Crippen molar-refractivity contribution in [2.75, 3.05) is 31.6 Å². The first-order valence-electron chi connectivity index (χ1n) is 8.75. The molecule has 5 heteroatoms. The van der Waals surface area contributed by atoms with Crippen LogP contribution in [-0.2, 0) is 4.74 Å². The van der Waals surface area contributed by atoms with E-state index < -0.39 is 0 Å². The number of nitrogens with zero attached hydrogens (tertiary/aromatic N) is 3. The van der Waals surface area contributed by atoms with E-state index in [9.17, 15) is 0 Å². The van der Waals surface area contributed by atoms with E-state index in [1.807, 2.05) is 12.1 Å². The van der Waals surface area contributed by atoms with Crippen LogP contribution in [0.5, 0.6) is 0 Å². The molecule has 122 valence electrons. The molecule has 5 nitrogen and oxygen atoms in total.